The third kappa shape index (κ3) is 1.45. The van der Waals surface area contributed by atoms with Crippen LogP contribution in [0.4, 0.5) is 5.95 Å². The number of nitrogens with one attached hydrogen (secondary N) is 1. The summed E-state index contributed by atoms with van der Waals surface area (Å²) in [6.07, 6.45) is 0. The van der Waals surface area contributed by atoms with Gasteiger partial charge in [0.15, 0.2) is 0 Å². The van der Waals surface area contributed by atoms with Gasteiger partial charge >= 0.3 is 6.01 Å². The van der Waals surface area contributed by atoms with Crippen molar-refractivity contribution >= 4 is 17.8 Å². The molecule has 0 aromatic carbocycles. The molecule has 1 amide bonds. The van der Waals surface area contributed by atoms with Crippen molar-refractivity contribution in [3.05, 3.63) is 0 Å². The van der Waals surface area contributed by atoms with Gasteiger partial charge < -0.3 is 4.74 Å². The molecular formula is C8H10N4O3. The van der Waals surface area contributed by atoms with Crippen LogP contribution in [0.5, 0.6) is 6.01 Å². The van der Waals surface area contributed by atoms with E-state index < -0.39 is 11.8 Å². The van der Waals surface area contributed by atoms with Gasteiger partial charge in [0.25, 0.3) is 5.91 Å². The molecule has 0 spiro atoms. The number of amides is 1. The smallest absolute Gasteiger partial charge is 0.337 e. The predicted octanol–water partition coefficient (Wildman–Crippen LogP) is -0.0948. The molecule has 0 saturated carbocycles. The molecule has 1 aliphatic heterocycles. The molecule has 0 aliphatic carbocycles. The van der Waals surface area contributed by atoms with Crippen LogP contribution in [-0.4, -0.2) is 33.2 Å². The summed E-state index contributed by atoms with van der Waals surface area (Å²) in [5.74, 6) is -1.39. The lowest BCUT2D eigenvalue weighted by atomic mass is 10.1. The highest BCUT2D eigenvalue weighted by molar-refractivity contribution is 6.10. The molecule has 1 aromatic rings. The second-order valence-electron chi connectivity index (χ2n) is 3.11. The molecule has 0 bridgehead atoms. The summed E-state index contributed by atoms with van der Waals surface area (Å²) >= 11 is 0. The van der Waals surface area contributed by atoms with E-state index in [1.165, 1.54) is 6.92 Å². The molecule has 2 rings (SSSR count). The normalized spacial score (nSPS) is 19.7. The van der Waals surface area contributed by atoms with Gasteiger partial charge in [0.2, 0.25) is 11.9 Å². The first-order valence-electron chi connectivity index (χ1n) is 4.58. The van der Waals surface area contributed by atoms with Crippen LogP contribution in [0.3, 0.4) is 0 Å². The number of nitrogens with zero attached hydrogens (tertiary/aromatic N) is 3. The molecule has 0 fully saturated rings. The lowest BCUT2D eigenvalue weighted by Crippen LogP contribution is -2.38. The maximum Gasteiger partial charge on any atom is 0.337 e. The fourth-order valence-corrected chi connectivity index (χ4v) is 1.23. The number of anilines is 1. The molecule has 15 heavy (non-hydrogen) atoms. The van der Waals surface area contributed by atoms with Crippen LogP contribution in [-0.2, 0) is 4.79 Å². The second-order valence-corrected chi connectivity index (χ2v) is 3.11. The zero-order valence-corrected chi connectivity index (χ0v) is 8.35. The topological polar surface area (TPSA) is 86.1 Å². The Labute approximate surface area is 85.4 Å². The predicted molar refractivity (Wildman–Crippen MR) is 49.6 cm³/mol. The van der Waals surface area contributed by atoms with Crippen LogP contribution in [0.15, 0.2) is 0 Å². The third-order valence-corrected chi connectivity index (χ3v) is 2.07. The SMILES string of the molecule is CCOc1nc2n(n1)C(=O)C(C)C(=O)N2. The molecule has 1 aliphatic rings. The minimum absolute atomic E-state index is 0.0928. The first kappa shape index (κ1) is 9.63. The van der Waals surface area contributed by atoms with Gasteiger partial charge in [-0.25, -0.2) is 0 Å². The lowest BCUT2D eigenvalue weighted by Gasteiger charge is -2.16. The van der Waals surface area contributed by atoms with E-state index in [4.69, 9.17) is 4.74 Å². The number of rotatable bonds is 2. The molecule has 1 N–H and O–H groups in total. The Kier molecular flexibility index (Phi) is 2.14. The molecule has 80 valence electrons. The number of fused-ring (bicyclic) bond motifs is 1. The lowest BCUT2D eigenvalue weighted by molar-refractivity contribution is -0.118. The highest BCUT2D eigenvalue weighted by atomic mass is 16.5. The molecule has 7 heteroatoms. The maximum atomic E-state index is 11.6. The minimum Gasteiger partial charge on any atom is -0.463 e. The fourth-order valence-electron chi connectivity index (χ4n) is 1.23. The van der Waals surface area contributed by atoms with Gasteiger partial charge in [0.05, 0.1) is 6.61 Å². The molecule has 1 atom stereocenters. The first-order chi connectivity index (χ1) is 7.13. The average molecular weight is 210 g/mol. The van der Waals surface area contributed by atoms with E-state index >= 15 is 0 Å². The number of hydrogen-bond donors (Lipinski definition) is 1. The van der Waals surface area contributed by atoms with E-state index in [1.54, 1.807) is 6.92 Å². The van der Waals surface area contributed by atoms with Crippen molar-refractivity contribution in [1.29, 1.82) is 0 Å². The van der Waals surface area contributed by atoms with Gasteiger partial charge in [-0.3, -0.25) is 14.9 Å². The monoisotopic (exact) mass is 210 g/mol. The number of aromatic nitrogens is 3. The van der Waals surface area contributed by atoms with Crippen LogP contribution in [0.2, 0.25) is 0 Å². The van der Waals surface area contributed by atoms with Crippen LogP contribution in [0.25, 0.3) is 0 Å². The largest absolute Gasteiger partial charge is 0.463 e. The van der Waals surface area contributed by atoms with Gasteiger partial charge in [0, 0.05) is 0 Å². The fraction of sp³-hybridized carbons (Fsp3) is 0.500. The van der Waals surface area contributed by atoms with Gasteiger partial charge in [0.1, 0.15) is 5.92 Å². The van der Waals surface area contributed by atoms with Crippen molar-refractivity contribution in [2.45, 2.75) is 13.8 Å². The molecule has 2 heterocycles. The van der Waals surface area contributed by atoms with Crippen molar-refractivity contribution in [1.82, 2.24) is 14.8 Å². The Hall–Kier alpha value is -1.92. The van der Waals surface area contributed by atoms with Crippen LogP contribution >= 0.6 is 0 Å². The Morgan fingerprint density at radius 3 is 2.93 bits per heavy atom. The summed E-state index contributed by atoms with van der Waals surface area (Å²) in [6, 6.07) is 0.0928. The van der Waals surface area contributed by atoms with Gasteiger partial charge in [-0.2, -0.15) is 9.67 Å². The zero-order chi connectivity index (χ0) is 11.0. The van der Waals surface area contributed by atoms with Gasteiger partial charge in [-0.15, -0.1) is 5.10 Å². The Morgan fingerprint density at radius 2 is 2.27 bits per heavy atom. The van der Waals surface area contributed by atoms with Crippen molar-refractivity contribution < 1.29 is 14.3 Å². The van der Waals surface area contributed by atoms with Crippen LogP contribution in [0, 0.1) is 5.92 Å². The minimum atomic E-state index is -0.742. The van der Waals surface area contributed by atoms with Gasteiger partial charge in [-0.05, 0) is 13.8 Å². The number of hydrogen-bond acceptors (Lipinski definition) is 5. The first-order valence-corrected chi connectivity index (χ1v) is 4.58. The zero-order valence-electron chi connectivity index (χ0n) is 8.35. The number of carbonyl (C=O) groups excluding carboxylic acids is 2. The summed E-state index contributed by atoms with van der Waals surface area (Å²) < 4.78 is 6.08. The summed E-state index contributed by atoms with van der Waals surface area (Å²) in [5, 5.41) is 6.29. The molecule has 1 unspecified atom stereocenters. The van der Waals surface area contributed by atoms with E-state index in [-0.39, 0.29) is 17.9 Å². The van der Waals surface area contributed by atoms with Crippen molar-refractivity contribution in [2.24, 2.45) is 5.92 Å². The quantitative estimate of drug-likeness (QED) is 0.689. The van der Waals surface area contributed by atoms with Crippen LogP contribution < -0.4 is 10.1 Å². The van der Waals surface area contributed by atoms with Crippen LogP contribution in [0.1, 0.15) is 18.6 Å². The molecule has 1 aromatic heterocycles. The van der Waals surface area contributed by atoms with E-state index in [0.717, 1.165) is 4.68 Å². The van der Waals surface area contributed by atoms with Crippen molar-refractivity contribution in [3.8, 4) is 6.01 Å². The van der Waals surface area contributed by atoms with Crippen molar-refractivity contribution in [3.63, 3.8) is 0 Å². The molecule has 7 nitrogen and oxygen atoms in total. The summed E-state index contributed by atoms with van der Waals surface area (Å²) in [5.41, 5.74) is 0. The Morgan fingerprint density at radius 1 is 1.53 bits per heavy atom. The van der Waals surface area contributed by atoms with E-state index in [9.17, 15) is 9.59 Å². The summed E-state index contributed by atoms with van der Waals surface area (Å²) in [4.78, 5) is 26.7. The summed E-state index contributed by atoms with van der Waals surface area (Å²) in [6.45, 7) is 3.70. The van der Waals surface area contributed by atoms with E-state index in [0.29, 0.717) is 6.61 Å². The van der Waals surface area contributed by atoms with E-state index in [2.05, 4.69) is 15.4 Å². The molecule has 0 saturated heterocycles. The standard InChI is InChI=1S/C8H10N4O3/c1-3-15-8-10-7-9-5(13)4(2)6(14)12(7)11-8/h4H,3H2,1-2H3,(H,9,10,11,13). The molecule has 0 radical (unpaired) electrons. The van der Waals surface area contributed by atoms with Crippen molar-refractivity contribution in [2.75, 3.05) is 11.9 Å². The Bertz CT molecular complexity index is 426. The average Bonchev–Trinajstić information content (AvgIpc) is 2.58. The third-order valence-electron chi connectivity index (χ3n) is 2.07. The highest BCUT2D eigenvalue weighted by Gasteiger charge is 2.33. The summed E-state index contributed by atoms with van der Waals surface area (Å²) in [7, 11) is 0. The second kappa shape index (κ2) is 3.34. The number of ether oxygens (including phenoxy) is 1. The van der Waals surface area contributed by atoms with Gasteiger partial charge in [-0.1, -0.05) is 0 Å². The number of carbonyl (C=O) groups is 2. The molecular weight excluding hydrogens is 200 g/mol. The maximum absolute atomic E-state index is 11.6. The Balaban J connectivity index is 2.38. The van der Waals surface area contributed by atoms with E-state index in [1.807, 2.05) is 0 Å². The highest BCUT2D eigenvalue weighted by Crippen LogP contribution is 2.18.